The second-order valence-electron chi connectivity index (χ2n) is 8.13. The Kier molecular flexibility index (Phi) is 8.47. The first-order valence-electron chi connectivity index (χ1n) is 10.3. The summed E-state index contributed by atoms with van der Waals surface area (Å²) in [5.41, 5.74) is 0.203. The smallest absolute Gasteiger partial charge is 0.186 e. The van der Waals surface area contributed by atoms with E-state index in [1.807, 2.05) is 0 Å². The maximum atomic E-state index is 10.2. The van der Waals surface area contributed by atoms with Gasteiger partial charge in [-0.2, -0.15) is 0 Å². The zero-order valence-corrected chi connectivity index (χ0v) is 17.7. The van der Waals surface area contributed by atoms with Crippen LogP contribution >= 0.6 is 0 Å². The summed E-state index contributed by atoms with van der Waals surface area (Å²) in [6.07, 6.45) is -15.7. The lowest BCUT2D eigenvalue weighted by atomic mass is 9.98. The first-order chi connectivity index (χ1) is 15.5. The summed E-state index contributed by atoms with van der Waals surface area (Å²) in [6.45, 7) is 0.579. The molecule has 9 N–H and O–H groups in total. The van der Waals surface area contributed by atoms with Crippen LogP contribution in [0.2, 0.25) is 0 Å². The summed E-state index contributed by atoms with van der Waals surface area (Å²) >= 11 is 0. The van der Waals surface area contributed by atoms with E-state index >= 15 is 0 Å². The SMILES string of the molecule is C[C@H]1O[C@@H](OC[C@@H]2O[C@@H](OC[C@@H](O)c3ccc(O)c(O)c3)[C@H](O)[C@@H](O)[C@@H]2O)[C@H](O)[C@H](O)[C@H]1O. The van der Waals surface area contributed by atoms with E-state index in [1.54, 1.807) is 0 Å². The average Bonchev–Trinajstić information content (AvgIpc) is 2.79. The molecule has 2 aliphatic heterocycles. The van der Waals surface area contributed by atoms with E-state index in [1.165, 1.54) is 19.1 Å². The largest absolute Gasteiger partial charge is 0.504 e. The van der Waals surface area contributed by atoms with E-state index in [-0.39, 0.29) is 11.3 Å². The summed E-state index contributed by atoms with van der Waals surface area (Å²) in [4.78, 5) is 0. The number of hydrogen-bond donors (Lipinski definition) is 9. The van der Waals surface area contributed by atoms with Crippen molar-refractivity contribution in [2.75, 3.05) is 13.2 Å². The molecule has 1 aromatic rings. The molecule has 33 heavy (non-hydrogen) atoms. The van der Waals surface area contributed by atoms with Gasteiger partial charge in [-0.1, -0.05) is 6.07 Å². The number of rotatable bonds is 7. The minimum Gasteiger partial charge on any atom is -0.504 e. The highest BCUT2D eigenvalue weighted by Gasteiger charge is 2.47. The summed E-state index contributed by atoms with van der Waals surface area (Å²) in [7, 11) is 0. The fraction of sp³-hybridized carbons (Fsp3) is 0.700. The van der Waals surface area contributed by atoms with Crippen molar-refractivity contribution in [3.05, 3.63) is 23.8 Å². The van der Waals surface area contributed by atoms with Crippen molar-refractivity contribution in [1.29, 1.82) is 0 Å². The van der Waals surface area contributed by atoms with Crippen LogP contribution in [0.25, 0.3) is 0 Å². The maximum Gasteiger partial charge on any atom is 0.186 e. The van der Waals surface area contributed by atoms with Crippen molar-refractivity contribution in [3.63, 3.8) is 0 Å². The number of phenolic OH excluding ortho intramolecular Hbond substituents is 2. The molecule has 0 unspecified atom stereocenters. The van der Waals surface area contributed by atoms with Gasteiger partial charge in [-0.15, -0.1) is 0 Å². The molecule has 13 nitrogen and oxygen atoms in total. The molecule has 0 spiro atoms. The minimum absolute atomic E-state index is 0.203. The van der Waals surface area contributed by atoms with E-state index in [0.29, 0.717) is 0 Å². The molecule has 2 heterocycles. The van der Waals surface area contributed by atoms with Gasteiger partial charge in [-0.3, -0.25) is 0 Å². The Labute approximate surface area is 188 Å². The van der Waals surface area contributed by atoms with Crippen LogP contribution in [-0.2, 0) is 18.9 Å². The zero-order valence-electron chi connectivity index (χ0n) is 17.7. The summed E-state index contributed by atoms with van der Waals surface area (Å²) in [5, 5.41) is 89.3. The minimum atomic E-state index is -1.70. The van der Waals surface area contributed by atoms with Gasteiger partial charge in [0.15, 0.2) is 24.1 Å². The molecule has 11 atom stereocenters. The first kappa shape index (κ1) is 26.0. The van der Waals surface area contributed by atoms with Crippen LogP contribution in [-0.4, -0.2) is 121 Å². The van der Waals surface area contributed by atoms with Gasteiger partial charge in [0.25, 0.3) is 0 Å². The van der Waals surface area contributed by atoms with Crippen LogP contribution in [0.3, 0.4) is 0 Å². The Balaban J connectivity index is 1.58. The number of hydrogen-bond acceptors (Lipinski definition) is 13. The third-order valence-corrected chi connectivity index (χ3v) is 5.70. The molecular weight excluding hydrogens is 448 g/mol. The standard InChI is InChI=1S/C20H30O13/c1-7-13(24)15(26)17(28)19(32-7)31-6-12-14(25)16(27)18(29)20(33-12)30-5-11(23)8-2-3-9(21)10(22)4-8/h2-4,7,11-29H,5-6H2,1H3/t7-,11-,12+,13+,14-,15-,16+,17-,18-,19-,20-/m1/s1. The molecule has 2 saturated heterocycles. The average molecular weight is 478 g/mol. The molecule has 188 valence electrons. The molecule has 0 bridgehead atoms. The number of aromatic hydroxyl groups is 2. The molecule has 3 rings (SSSR count). The molecule has 0 saturated carbocycles. The number of aliphatic hydroxyl groups excluding tert-OH is 7. The van der Waals surface area contributed by atoms with Crippen LogP contribution in [0.15, 0.2) is 18.2 Å². The second-order valence-corrected chi connectivity index (χ2v) is 8.13. The molecule has 0 radical (unpaired) electrons. The molecule has 1 aromatic carbocycles. The Morgan fingerprint density at radius 3 is 2.03 bits per heavy atom. The molecule has 0 amide bonds. The van der Waals surface area contributed by atoms with Crippen molar-refractivity contribution in [2.24, 2.45) is 0 Å². The van der Waals surface area contributed by atoms with Crippen LogP contribution in [0, 0.1) is 0 Å². The van der Waals surface area contributed by atoms with Crippen molar-refractivity contribution < 1.29 is 64.9 Å². The first-order valence-corrected chi connectivity index (χ1v) is 10.3. The van der Waals surface area contributed by atoms with Gasteiger partial charge in [0.05, 0.1) is 19.3 Å². The lowest BCUT2D eigenvalue weighted by molar-refractivity contribution is -0.329. The number of phenols is 2. The molecule has 2 fully saturated rings. The van der Waals surface area contributed by atoms with Crippen molar-refractivity contribution in [1.82, 2.24) is 0 Å². The van der Waals surface area contributed by atoms with Gasteiger partial charge in [0.2, 0.25) is 0 Å². The van der Waals surface area contributed by atoms with E-state index in [9.17, 15) is 46.0 Å². The Bertz CT molecular complexity index is 778. The van der Waals surface area contributed by atoms with Gasteiger partial charge >= 0.3 is 0 Å². The van der Waals surface area contributed by atoms with E-state index < -0.39 is 86.5 Å². The number of benzene rings is 1. The maximum absolute atomic E-state index is 10.2. The predicted octanol–water partition coefficient (Wildman–Crippen LogP) is -3.20. The lowest BCUT2D eigenvalue weighted by Crippen LogP contribution is -2.61. The lowest BCUT2D eigenvalue weighted by Gasteiger charge is -2.42. The Hall–Kier alpha value is -1.62. The second kappa shape index (κ2) is 10.8. The Morgan fingerprint density at radius 2 is 1.39 bits per heavy atom. The summed E-state index contributed by atoms with van der Waals surface area (Å²) < 4.78 is 21.5. The highest BCUT2D eigenvalue weighted by molar-refractivity contribution is 5.41. The van der Waals surface area contributed by atoms with Gasteiger partial charge in [0.1, 0.15) is 48.8 Å². The third kappa shape index (κ3) is 5.72. The molecule has 0 aliphatic carbocycles. The van der Waals surface area contributed by atoms with Gasteiger partial charge in [0, 0.05) is 0 Å². The molecular formula is C20H30O13. The van der Waals surface area contributed by atoms with E-state index in [2.05, 4.69) is 0 Å². The highest BCUT2D eigenvalue weighted by atomic mass is 16.7. The normalized spacial score (nSPS) is 40.5. The van der Waals surface area contributed by atoms with Crippen LogP contribution < -0.4 is 0 Å². The molecule has 2 aliphatic rings. The fourth-order valence-corrected chi connectivity index (χ4v) is 3.56. The van der Waals surface area contributed by atoms with E-state index in [0.717, 1.165) is 6.07 Å². The highest BCUT2D eigenvalue weighted by Crippen LogP contribution is 2.29. The van der Waals surface area contributed by atoms with Crippen molar-refractivity contribution in [2.45, 2.75) is 74.4 Å². The zero-order chi connectivity index (χ0) is 24.4. The fourth-order valence-electron chi connectivity index (χ4n) is 3.56. The van der Waals surface area contributed by atoms with Crippen LogP contribution in [0.5, 0.6) is 11.5 Å². The third-order valence-electron chi connectivity index (χ3n) is 5.70. The van der Waals surface area contributed by atoms with Crippen molar-refractivity contribution >= 4 is 0 Å². The summed E-state index contributed by atoms with van der Waals surface area (Å²) in [5.74, 6) is -0.823. The predicted molar refractivity (Wildman–Crippen MR) is 106 cm³/mol. The van der Waals surface area contributed by atoms with Crippen molar-refractivity contribution in [3.8, 4) is 11.5 Å². The Morgan fingerprint density at radius 1 is 0.788 bits per heavy atom. The summed E-state index contributed by atoms with van der Waals surface area (Å²) in [6, 6.07) is 3.64. The van der Waals surface area contributed by atoms with Crippen LogP contribution in [0.1, 0.15) is 18.6 Å². The van der Waals surface area contributed by atoms with E-state index in [4.69, 9.17) is 18.9 Å². The monoisotopic (exact) mass is 478 g/mol. The molecule has 13 heteroatoms. The van der Waals surface area contributed by atoms with Gasteiger partial charge < -0.3 is 64.9 Å². The quantitative estimate of drug-likeness (QED) is 0.177. The topological polar surface area (TPSA) is 219 Å². The number of aliphatic hydroxyl groups is 7. The molecule has 0 aromatic heterocycles. The number of ether oxygens (including phenoxy) is 4. The van der Waals surface area contributed by atoms with Gasteiger partial charge in [-0.25, -0.2) is 0 Å². The van der Waals surface area contributed by atoms with Gasteiger partial charge in [-0.05, 0) is 24.6 Å². The van der Waals surface area contributed by atoms with Crippen LogP contribution in [0.4, 0.5) is 0 Å².